The number of ether oxygens (including phenoxy) is 1. The zero-order valence-electron chi connectivity index (χ0n) is 11.3. The summed E-state index contributed by atoms with van der Waals surface area (Å²) in [6.07, 6.45) is 0.379. The van der Waals surface area contributed by atoms with Gasteiger partial charge in [-0.05, 0) is 13.8 Å². The Bertz CT molecular complexity index is 299. The van der Waals surface area contributed by atoms with E-state index in [4.69, 9.17) is 4.74 Å². The summed E-state index contributed by atoms with van der Waals surface area (Å²) >= 11 is 0. The van der Waals surface area contributed by atoms with E-state index in [1.165, 1.54) is 0 Å². The highest BCUT2D eigenvalue weighted by molar-refractivity contribution is 5.83. The summed E-state index contributed by atoms with van der Waals surface area (Å²) in [6, 6.07) is 0.0712. The molecule has 0 saturated carbocycles. The van der Waals surface area contributed by atoms with Gasteiger partial charge in [-0.15, -0.1) is 0 Å². The average molecular weight is 257 g/mol. The van der Waals surface area contributed by atoms with Crippen LogP contribution in [0.15, 0.2) is 0 Å². The molecular weight excluding hydrogens is 234 g/mol. The van der Waals surface area contributed by atoms with E-state index in [-0.39, 0.29) is 17.9 Å². The number of amides is 2. The smallest absolute Gasteiger partial charge is 0.227 e. The third-order valence-corrected chi connectivity index (χ3v) is 3.00. The van der Waals surface area contributed by atoms with Crippen molar-refractivity contribution in [1.29, 1.82) is 0 Å². The van der Waals surface area contributed by atoms with Crippen LogP contribution in [0.4, 0.5) is 0 Å². The van der Waals surface area contributed by atoms with Gasteiger partial charge in [0, 0.05) is 32.6 Å². The van der Waals surface area contributed by atoms with Crippen molar-refractivity contribution in [3.05, 3.63) is 0 Å². The Balaban J connectivity index is 2.29. The first kappa shape index (κ1) is 14.9. The van der Waals surface area contributed by atoms with Crippen molar-refractivity contribution in [3.63, 3.8) is 0 Å². The Labute approximate surface area is 108 Å². The summed E-state index contributed by atoms with van der Waals surface area (Å²) in [5.41, 5.74) is -0.596. The van der Waals surface area contributed by atoms with Gasteiger partial charge in [0.05, 0.1) is 18.6 Å². The highest BCUT2D eigenvalue weighted by Gasteiger charge is 2.27. The molecule has 0 radical (unpaired) electrons. The van der Waals surface area contributed by atoms with Gasteiger partial charge in [-0.1, -0.05) is 0 Å². The molecule has 2 amide bonds. The van der Waals surface area contributed by atoms with Gasteiger partial charge in [-0.3, -0.25) is 9.59 Å². The van der Waals surface area contributed by atoms with Crippen LogP contribution in [-0.2, 0) is 14.3 Å². The Kier molecular flexibility index (Phi) is 5.55. The predicted octanol–water partition coefficient (Wildman–Crippen LogP) is -0.747. The molecule has 0 bridgehead atoms. The lowest BCUT2D eigenvalue weighted by Gasteiger charge is -2.25. The van der Waals surface area contributed by atoms with Crippen LogP contribution in [0, 0.1) is 5.41 Å². The molecule has 1 aliphatic rings. The van der Waals surface area contributed by atoms with Crippen molar-refractivity contribution in [2.24, 2.45) is 5.41 Å². The van der Waals surface area contributed by atoms with E-state index in [0.717, 1.165) is 6.54 Å². The molecule has 1 unspecified atom stereocenters. The first-order chi connectivity index (χ1) is 8.45. The van der Waals surface area contributed by atoms with E-state index in [1.54, 1.807) is 20.9 Å². The van der Waals surface area contributed by atoms with Crippen LogP contribution >= 0.6 is 0 Å². The second-order valence-corrected chi connectivity index (χ2v) is 5.17. The number of hydrogen-bond donors (Lipinski definition) is 3. The fourth-order valence-corrected chi connectivity index (χ4v) is 1.79. The molecule has 0 spiro atoms. The van der Waals surface area contributed by atoms with Crippen molar-refractivity contribution in [1.82, 2.24) is 16.0 Å². The lowest BCUT2D eigenvalue weighted by atomic mass is 9.92. The zero-order valence-corrected chi connectivity index (χ0v) is 11.3. The summed E-state index contributed by atoms with van der Waals surface area (Å²) in [5.74, 6) is -0.142. The van der Waals surface area contributed by atoms with E-state index >= 15 is 0 Å². The van der Waals surface area contributed by atoms with Gasteiger partial charge >= 0.3 is 0 Å². The highest BCUT2D eigenvalue weighted by Crippen LogP contribution is 2.13. The minimum absolute atomic E-state index is 0.0602. The predicted molar refractivity (Wildman–Crippen MR) is 68.1 cm³/mol. The zero-order chi connectivity index (χ0) is 13.6. The molecular formula is C12H23N3O3. The monoisotopic (exact) mass is 257 g/mol. The number of nitrogens with one attached hydrogen (secondary N) is 3. The first-order valence-electron chi connectivity index (χ1n) is 6.25. The fourth-order valence-electron chi connectivity index (χ4n) is 1.79. The number of carbonyl (C=O) groups is 2. The molecule has 1 aliphatic heterocycles. The van der Waals surface area contributed by atoms with Crippen LogP contribution in [0.5, 0.6) is 0 Å². The molecule has 0 aromatic heterocycles. The third kappa shape index (κ3) is 4.62. The number of rotatable bonds is 5. The maximum atomic E-state index is 11.7. The van der Waals surface area contributed by atoms with Crippen molar-refractivity contribution in [2.45, 2.75) is 26.3 Å². The van der Waals surface area contributed by atoms with E-state index in [1.807, 2.05) is 0 Å². The maximum absolute atomic E-state index is 11.7. The molecule has 1 atom stereocenters. The van der Waals surface area contributed by atoms with Crippen LogP contribution in [0.2, 0.25) is 0 Å². The first-order valence-corrected chi connectivity index (χ1v) is 6.25. The van der Waals surface area contributed by atoms with Gasteiger partial charge < -0.3 is 20.7 Å². The minimum atomic E-state index is -0.596. The van der Waals surface area contributed by atoms with Gasteiger partial charge in [0.2, 0.25) is 11.8 Å². The quantitative estimate of drug-likeness (QED) is 0.606. The average Bonchev–Trinajstić information content (AvgIpc) is 2.36. The van der Waals surface area contributed by atoms with Crippen LogP contribution in [0.25, 0.3) is 0 Å². The molecule has 104 valence electrons. The standard InChI is InChI=1S/C12H23N3O3/c1-12(2,11(17)13-3)8-15-10(16)6-9-7-18-5-4-14-9/h9,14H,4-8H2,1-3H3,(H,13,17)(H,15,16). The minimum Gasteiger partial charge on any atom is -0.378 e. The second-order valence-electron chi connectivity index (χ2n) is 5.17. The lowest BCUT2D eigenvalue weighted by molar-refractivity contribution is -0.129. The van der Waals surface area contributed by atoms with Gasteiger partial charge in [-0.2, -0.15) is 0 Å². The topological polar surface area (TPSA) is 79.5 Å². The van der Waals surface area contributed by atoms with Gasteiger partial charge in [-0.25, -0.2) is 0 Å². The SMILES string of the molecule is CNC(=O)C(C)(C)CNC(=O)CC1COCCN1. The lowest BCUT2D eigenvalue weighted by Crippen LogP contribution is -2.47. The Morgan fingerprint density at radius 2 is 2.17 bits per heavy atom. The number of carbonyl (C=O) groups excluding carboxylic acids is 2. The maximum Gasteiger partial charge on any atom is 0.227 e. The molecule has 0 aliphatic carbocycles. The van der Waals surface area contributed by atoms with Crippen molar-refractivity contribution >= 4 is 11.8 Å². The molecule has 18 heavy (non-hydrogen) atoms. The van der Waals surface area contributed by atoms with Gasteiger partial charge in [0.15, 0.2) is 0 Å². The Morgan fingerprint density at radius 1 is 1.44 bits per heavy atom. The molecule has 0 aromatic carbocycles. The molecule has 0 aromatic rings. The summed E-state index contributed by atoms with van der Waals surface area (Å²) in [5, 5.41) is 8.59. The van der Waals surface area contributed by atoms with Crippen LogP contribution < -0.4 is 16.0 Å². The summed E-state index contributed by atoms with van der Waals surface area (Å²) in [4.78, 5) is 23.3. The molecule has 1 saturated heterocycles. The van der Waals surface area contributed by atoms with E-state index in [2.05, 4.69) is 16.0 Å². The largest absolute Gasteiger partial charge is 0.378 e. The molecule has 6 nitrogen and oxygen atoms in total. The molecule has 3 N–H and O–H groups in total. The summed E-state index contributed by atoms with van der Waals surface area (Å²) in [6.45, 7) is 5.97. The number of morpholine rings is 1. The Hall–Kier alpha value is -1.14. The van der Waals surface area contributed by atoms with E-state index in [0.29, 0.717) is 26.2 Å². The normalized spacial score (nSPS) is 20.3. The van der Waals surface area contributed by atoms with Gasteiger partial charge in [0.1, 0.15) is 0 Å². The third-order valence-electron chi connectivity index (χ3n) is 3.00. The summed E-state index contributed by atoms with van der Waals surface area (Å²) < 4.78 is 5.28. The van der Waals surface area contributed by atoms with Crippen LogP contribution in [-0.4, -0.2) is 51.2 Å². The van der Waals surface area contributed by atoms with Crippen molar-refractivity contribution in [3.8, 4) is 0 Å². The molecule has 1 heterocycles. The molecule has 1 fully saturated rings. The van der Waals surface area contributed by atoms with Crippen LogP contribution in [0.3, 0.4) is 0 Å². The van der Waals surface area contributed by atoms with Crippen LogP contribution in [0.1, 0.15) is 20.3 Å². The highest BCUT2D eigenvalue weighted by atomic mass is 16.5. The fraction of sp³-hybridized carbons (Fsp3) is 0.833. The second kappa shape index (κ2) is 6.70. The van der Waals surface area contributed by atoms with Crippen molar-refractivity contribution < 1.29 is 14.3 Å². The summed E-state index contributed by atoms with van der Waals surface area (Å²) in [7, 11) is 1.59. The Morgan fingerprint density at radius 3 is 2.72 bits per heavy atom. The van der Waals surface area contributed by atoms with E-state index in [9.17, 15) is 9.59 Å². The molecule has 1 rings (SSSR count). The number of hydrogen-bond acceptors (Lipinski definition) is 4. The van der Waals surface area contributed by atoms with Crippen molar-refractivity contribution in [2.75, 3.05) is 33.4 Å². The molecule has 6 heteroatoms. The van der Waals surface area contributed by atoms with E-state index < -0.39 is 5.41 Å². The van der Waals surface area contributed by atoms with Gasteiger partial charge in [0.25, 0.3) is 0 Å².